The van der Waals surface area contributed by atoms with Crippen molar-refractivity contribution in [1.82, 2.24) is 4.90 Å². The topological polar surface area (TPSA) is 63.1 Å². The number of benzene rings is 2. The molecule has 150 valence electrons. The minimum atomic E-state index is -0.111. The van der Waals surface area contributed by atoms with Crippen LogP contribution in [0.3, 0.4) is 0 Å². The lowest BCUT2D eigenvalue weighted by Crippen LogP contribution is -3.11. The molecule has 6 nitrogen and oxygen atoms in total. The average Bonchev–Trinajstić information content (AvgIpc) is 2.67. The van der Waals surface area contributed by atoms with Crippen molar-refractivity contribution >= 4 is 17.5 Å². The van der Waals surface area contributed by atoms with Crippen molar-refractivity contribution in [3.8, 4) is 0 Å². The maximum absolute atomic E-state index is 12.8. The highest BCUT2D eigenvalue weighted by Crippen LogP contribution is 2.08. The first-order valence-electron chi connectivity index (χ1n) is 9.46. The third-order valence-corrected chi connectivity index (χ3v) is 4.38. The van der Waals surface area contributed by atoms with Crippen LogP contribution in [-0.2, 0) is 20.9 Å². The second-order valence-electron chi connectivity index (χ2n) is 7.02. The SMILES string of the molecule is COCCN(Cc1ccccc1)C(=O)C[NH+](C)CC(=O)Nc1ccc(C)cc1. The number of methoxy groups -OCH3 is 1. The van der Waals surface area contributed by atoms with Gasteiger partial charge in [0.25, 0.3) is 11.8 Å². The van der Waals surface area contributed by atoms with Gasteiger partial charge in [-0.25, -0.2) is 0 Å². The zero-order chi connectivity index (χ0) is 20.4. The summed E-state index contributed by atoms with van der Waals surface area (Å²) in [4.78, 5) is 27.6. The average molecular weight is 385 g/mol. The Kier molecular flexibility index (Phi) is 8.65. The molecule has 2 N–H and O–H groups in total. The van der Waals surface area contributed by atoms with E-state index in [9.17, 15) is 9.59 Å². The zero-order valence-electron chi connectivity index (χ0n) is 16.9. The Balaban J connectivity index is 1.87. The summed E-state index contributed by atoms with van der Waals surface area (Å²) in [6, 6.07) is 17.5. The summed E-state index contributed by atoms with van der Waals surface area (Å²) < 4.78 is 5.14. The number of quaternary nitrogens is 1. The first kappa shape index (κ1) is 21.6. The van der Waals surface area contributed by atoms with Crippen LogP contribution in [0.1, 0.15) is 11.1 Å². The van der Waals surface area contributed by atoms with E-state index in [0.717, 1.165) is 21.7 Å². The summed E-state index contributed by atoms with van der Waals surface area (Å²) in [5.74, 6) is -0.109. The van der Waals surface area contributed by atoms with Crippen molar-refractivity contribution in [3.05, 3.63) is 65.7 Å². The van der Waals surface area contributed by atoms with Crippen LogP contribution >= 0.6 is 0 Å². The summed E-state index contributed by atoms with van der Waals surface area (Å²) in [7, 11) is 3.47. The lowest BCUT2D eigenvalue weighted by atomic mass is 10.2. The van der Waals surface area contributed by atoms with Gasteiger partial charge in [0, 0.05) is 25.9 Å². The molecule has 0 aliphatic rings. The number of hydrogen-bond acceptors (Lipinski definition) is 3. The third-order valence-electron chi connectivity index (χ3n) is 4.38. The van der Waals surface area contributed by atoms with Crippen molar-refractivity contribution in [1.29, 1.82) is 0 Å². The van der Waals surface area contributed by atoms with Crippen LogP contribution in [0.25, 0.3) is 0 Å². The molecule has 1 atom stereocenters. The van der Waals surface area contributed by atoms with Gasteiger partial charge in [-0.1, -0.05) is 48.0 Å². The molecule has 2 rings (SSSR count). The molecule has 0 spiro atoms. The van der Waals surface area contributed by atoms with Crippen molar-refractivity contribution in [3.63, 3.8) is 0 Å². The number of nitrogens with zero attached hydrogens (tertiary/aromatic N) is 1. The standard InChI is InChI=1S/C22H29N3O3/c1-18-9-11-20(12-10-18)23-21(26)16-24(2)17-22(27)25(13-14-28-3)15-19-7-5-4-6-8-19/h4-12H,13-17H2,1-3H3,(H,23,26)/p+1. The number of carbonyl (C=O) groups excluding carboxylic acids is 2. The molecular formula is C22H30N3O3+. The molecule has 2 aromatic rings. The molecule has 1 unspecified atom stereocenters. The molecule has 0 aromatic heterocycles. The highest BCUT2D eigenvalue weighted by molar-refractivity contribution is 5.91. The number of anilines is 1. The van der Waals surface area contributed by atoms with Crippen LogP contribution < -0.4 is 10.2 Å². The largest absolute Gasteiger partial charge is 0.383 e. The Morgan fingerprint density at radius 2 is 1.71 bits per heavy atom. The lowest BCUT2D eigenvalue weighted by Gasteiger charge is -2.24. The van der Waals surface area contributed by atoms with E-state index in [2.05, 4.69) is 5.32 Å². The minimum absolute atomic E-state index is 0.00142. The second-order valence-corrected chi connectivity index (χ2v) is 7.02. The fourth-order valence-corrected chi connectivity index (χ4v) is 2.85. The molecule has 0 heterocycles. The summed E-state index contributed by atoms with van der Waals surface area (Å²) >= 11 is 0. The number of carbonyl (C=O) groups is 2. The predicted molar refractivity (Wildman–Crippen MR) is 110 cm³/mol. The van der Waals surface area contributed by atoms with E-state index in [4.69, 9.17) is 4.74 Å². The number of aryl methyl sites for hydroxylation is 1. The molecule has 28 heavy (non-hydrogen) atoms. The van der Waals surface area contributed by atoms with Crippen molar-refractivity contribution in [2.75, 3.05) is 45.7 Å². The van der Waals surface area contributed by atoms with Gasteiger partial charge >= 0.3 is 0 Å². The van der Waals surface area contributed by atoms with Crippen LogP contribution in [0.5, 0.6) is 0 Å². The number of amides is 2. The van der Waals surface area contributed by atoms with Gasteiger partial charge in [-0.2, -0.15) is 0 Å². The maximum atomic E-state index is 12.8. The molecule has 0 fully saturated rings. The molecule has 0 aliphatic carbocycles. The Labute approximate surface area is 167 Å². The lowest BCUT2D eigenvalue weighted by molar-refractivity contribution is -0.862. The van der Waals surface area contributed by atoms with Gasteiger partial charge in [0.15, 0.2) is 13.1 Å². The number of rotatable bonds is 10. The van der Waals surface area contributed by atoms with Gasteiger partial charge in [-0.05, 0) is 24.6 Å². The zero-order valence-corrected chi connectivity index (χ0v) is 16.9. The van der Waals surface area contributed by atoms with Crippen LogP contribution in [0.4, 0.5) is 5.69 Å². The Morgan fingerprint density at radius 1 is 1.04 bits per heavy atom. The summed E-state index contributed by atoms with van der Waals surface area (Å²) in [5.41, 5.74) is 2.98. The van der Waals surface area contributed by atoms with E-state index in [1.165, 1.54) is 0 Å². The Morgan fingerprint density at radius 3 is 2.36 bits per heavy atom. The summed E-state index contributed by atoms with van der Waals surface area (Å²) in [6.45, 7) is 4.01. The Bertz CT molecular complexity index is 747. The number of hydrogen-bond donors (Lipinski definition) is 2. The quantitative estimate of drug-likeness (QED) is 0.645. The van der Waals surface area contributed by atoms with Gasteiger partial charge in [0.1, 0.15) is 0 Å². The number of ether oxygens (including phenoxy) is 1. The molecule has 2 amide bonds. The van der Waals surface area contributed by atoms with Gasteiger partial charge in [0.2, 0.25) is 0 Å². The molecular weight excluding hydrogens is 354 g/mol. The van der Waals surface area contributed by atoms with Gasteiger partial charge < -0.3 is 19.9 Å². The molecule has 0 saturated heterocycles. The van der Waals surface area contributed by atoms with E-state index in [1.54, 1.807) is 12.0 Å². The van der Waals surface area contributed by atoms with E-state index in [1.807, 2.05) is 68.6 Å². The number of likely N-dealkylation sites (N-methyl/N-ethyl adjacent to an activating group) is 1. The summed E-state index contributed by atoms with van der Waals surface area (Å²) in [6.07, 6.45) is 0. The first-order valence-corrected chi connectivity index (χ1v) is 9.46. The predicted octanol–water partition coefficient (Wildman–Crippen LogP) is 1.12. The smallest absolute Gasteiger partial charge is 0.279 e. The summed E-state index contributed by atoms with van der Waals surface area (Å²) in [5, 5.41) is 2.87. The van der Waals surface area contributed by atoms with Crippen LogP contribution in [-0.4, -0.2) is 57.1 Å². The van der Waals surface area contributed by atoms with E-state index >= 15 is 0 Å². The van der Waals surface area contributed by atoms with E-state index in [0.29, 0.717) is 19.7 Å². The molecule has 2 aromatic carbocycles. The highest BCUT2D eigenvalue weighted by Gasteiger charge is 2.20. The molecule has 0 radical (unpaired) electrons. The second kappa shape index (κ2) is 11.2. The maximum Gasteiger partial charge on any atom is 0.279 e. The monoisotopic (exact) mass is 384 g/mol. The third kappa shape index (κ3) is 7.50. The fourth-order valence-electron chi connectivity index (χ4n) is 2.85. The van der Waals surface area contributed by atoms with Crippen molar-refractivity contribution in [2.45, 2.75) is 13.5 Å². The van der Waals surface area contributed by atoms with Gasteiger partial charge in [-0.3, -0.25) is 9.59 Å². The van der Waals surface area contributed by atoms with Crippen molar-refractivity contribution < 1.29 is 19.2 Å². The first-order chi connectivity index (χ1) is 13.5. The minimum Gasteiger partial charge on any atom is -0.383 e. The van der Waals surface area contributed by atoms with Crippen LogP contribution in [0.2, 0.25) is 0 Å². The number of nitrogens with one attached hydrogen (secondary N) is 2. The Hall–Kier alpha value is -2.70. The van der Waals surface area contributed by atoms with E-state index < -0.39 is 0 Å². The normalized spacial score (nSPS) is 11.7. The molecule has 6 heteroatoms. The van der Waals surface area contributed by atoms with E-state index in [-0.39, 0.29) is 24.9 Å². The molecule has 0 saturated carbocycles. The van der Waals surface area contributed by atoms with Crippen LogP contribution in [0, 0.1) is 6.92 Å². The van der Waals surface area contributed by atoms with Crippen LogP contribution in [0.15, 0.2) is 54.6 Å². The van der Waals surface area contributed by atoms with Gasteiger partial charge in [-0.15, -0.1) is 0 Å². The van der Waals surface area contributed by atoms with Gasteiger partial charge in [0.05, 0.1) is 13.7 Å². The van der Waals surface area contributed by atoms with Crippen molar-refractivity contribution in [2.24, 2.45) is 0 Å². The molecule has 0 aliphatic heterocycles. The fraction of sp³-hybridized carbons (Fsp3) is 0.364. The molecule has 0 bridgehead atoms. The highest BCUT2D eigenvalue weighted by atomic mass is 16.5.